The van der Waals surface area contributed by atoms with Gasteiger partial charge in [-0.25, -0.2) is 0 Å². The first-order valence-corrected chi connectivity index (χ1v) is 11.3. The Morgan fingerprint density at radius 1 is 1.21 bits per heavy atom. The number of thioether (sulfide) groups is 1. The lowest BCUT2D eigenvalue weighted by molar-refractivity contribution is 0.0848. The van der Waals surface area contributed by atoms with E-state index in [4.69, 9.17) is 4.74 Å². The summed E-state index contributed by atoms with van der Waals surface area (Å²) in [7, 11) is 2.17. The van der Waals surface area contributed by atoms with Crippen molar-refractivity contribution in [3.8, 4) is 5.75 Å². The molecule has 5 heteroatoms. The van der Waals surface area contributed by atoms with E-state index in [9.17, 15) is 4.39 Å². The molecule has 2 atom stereocenters. The Morgan fingerprint density at radius 2 is 2.00 bits per heavy atom. The predicted molar refractivity (Wildman–Crippen MR) is 114 cm³/mol. The molecule has 0 spiro atoms. The first-order valence-electron chi connectivity index (χ1n) is 10.1. The monoisotopic (exact) mass is 400 g/mol. The highest BCUT2D eigenvalue weighted by Crippen LogP contribution is 2.36. The van der Waals surface area contributed by atoms with Gasteiger partial charge in [-0.2, -0.15) is 0 Å². The zero-order valence-electron chi connectivity index (χ0n) is 16.7. The lowest BCUT2D eigenvalue weighted by Gasteiger charge is -2.35. The Hall–Kier alpha value is -1.56. The third-order valence-electron chi connectivity index (χ3n) is 5.96. The molecule has 2 unspecified atom stereocenters. The van der Waals surface area contributed by atoms with E-state index >= 15 is 0 Å². The van der Waals surface area contributed by atoms with Crippen LogP contribution in [0.1, 0.15) is 29.0 Å². The molecule has 4 rings (SSSR count). The number of nitrogens with one attached hydrogen (secondary N) is 1. The number of likely N-dealkylation sites (N-methyl/N-ethyl adjacent to an activating group) is 1. The van der Waals surface area contributed by atoms with Crippen LogP contribution in [-0.4, -0.2) is 50.6 Å². The summed E-state index contributed by atoms with van der Waals surface area (Å²) in [5, 5.41) is 3.26. The Labute approximate surface area is 171 Å². The molecular weight excluding hydrogens is 371 g/mol. The van der Waals surface area contributed by atoms with Crippen molar-refractivity contribution in [3.05, 3.63) is 59.2 Å². The number of ether oxygens (including phenoxy) is 1. The lowest BCUT2D eigenvalue weighted by atomic mass is 9.84. The minimum Gasteiger partial charge on any atom is -0.490 e. The Morgan fingerprint density at radius 3 is 2.64 bits per heavy atom. The molecular formula is C23H29FN2OS. The fraction of sp³-hybridized carbons (Fsp3) is 0.478. The Bertz CT molecular complexity index is 794. The van der Waals surface area contributed by atoms with Gasteiger partial charge in [0.2, 0.25) is 0 Å². The SMILES string of the molecule is CSc1ccc(C2CN(C)Cc3cc(OC(CCF)C4CNC4)ccc32)cc1. The van der Waals surface area contributed by atoms with Crippen molar-refractivity contribution in [1.82, 2.24) is 10.2 Å². The van der Waals surface area contributed by atoms with Gasteiger partial charge in [0.15, 0.2) is 0 Å². The molecule has 0 bridgehead atoms. The molecule has 2 aliphatic heterocycles. The minimum absolute atomic E-state index is 0.0412. The first kappa shape index (κ1) is 19.7. The highest BCUT2D eigenvalue weighted by Gasteiger charge is 2.29. The van der Waals surface area contributed by atoms with E-state index < -0.39 is 0 Å². The van der Waals surface area contributed by atoms with Crippen molar-refractivity contribution in [3.63, 3.8) is 0 Å². The molecule has 2 heterocycles. The van der Waals surface area contributed by atoms with Gasteiger partial charge in [0.25, 0.3) is 0 Å². The van der Waals surface area contributed by atoms with Crippen molar-refractivity contribution in [2.24, 2.45) is 5.92 Å². The quantitative estimate of drug-likeness (QED) is 0.700. The van der Waals surface area contributed by atoms with Crippen LogP contribution in [0.2, 0.25) is 0 Å². The number of hydrogen-bond donors (Lipinski definition) is 1. The molecule has 1 N–H and O–H groups in total. The molecule has 1 fully saturated rings. The lowest BCUT2D eigenvalue weighted by Crippen LogP contribution is -2.50. The van der Waals surface area contributed by atoms with E-state index in [1.54, 1.807) is 11.8 Å². The van der Waals surface area contributed by atoms with Crippen molar-refractivity contribution in [2.45, 2.75) is 29.9 Å². The summed E-state index contributed by atoms with van der Waals surface area (Å²) < 4.78 is 19.2. The van der Waals surface area contributed by atoms with Crippen LogP contribution in [0.5, 0.6) is 5.75 Å². The smallest absolute Gasteiger partial charge is 0.120 e. The predicted octanol–water partition coefficient (Wildman–Crippen LogP) is 4.31. The van der Waals surface area contributed by atoms with Crippen LogP contribution in [0.25, 0.3) is 0 Å². The Kier molecular flexibility index (Phi) is 6.24. The van der Waals surface area contributed by atoms with Gasteiger partial charge >= 0.3 is 0 Å². The summed E-state index contributed by atoms with van der Waals surface area (Å²) in [4.78, 5) is 3.66. The molecule has 0 aliphatic carbocycles. The molecule has 0 radical (unpaired) electrons. The standard InChI is InChI=1S/C23H29FN2OS/c1-26-14-17-11-19(27-23(9-10-24)18-12-25-13-18)5-8-21(17)22(15-26)16-3-6-20(28-2)7-4-16/h3-8,11,18,22-23,25H,9-10,12-15H2,1-2H3. The molecule has 28 heavy (non-hydrogen) atoms. The topological polar surface area (TPSA) is 24.5 Å². The molecule has 0 amide bonds. The molecule has 2 aromatic rings. The maximum Gasteiger partial charge on any atom is 0.120 e. The van der Waals surface area contributed by atoms with Crippen molar-refractivity contribution < 1.29 is 9.13 Å². The normalized spacial score (nSPS) is 21.0. The van der Waals surface area contributed by atoms with E-state index in [1.807, 2.05) is 0 Å². The fourth-order valence-corrected chi connectivity index (χ4v) is 4.67. The molecule has 150 valence electrons. The number of nitrogens with zero attached hydrogens (tertiary/aromatic N) is 1. The van der Waals surface area contributed by atoms with Crippen LogP contribution in [0.3, 0.4) is 0 Å². The van der Waals surface area contributed by atoms with Gasteiger partial charge in [0.05, 0.1) is 6.67 Å². The highest BCUT2D eigenvalue weighted by atomic mass is 32.2. The summed E-state index contributed by atoms with van der Waals surface area (Å²) >= 11 is 1.77. The summed E-state index contributed by atoms with van der Waals surface area (Å²) in [6, 6.07) is 15.4. The Balaban J connectivity index is 1.57. The van der Waals surface area contributed by atoms with Gasteiger partial charge < -0.3 is 15.0 Å². The van der Waals surface area contributed by atoms with Crippen LogP contribution in [-0.2, 0) is 6.54 Å². The number of hydrogen-bond acceptors (Lipinski definition) is 4. The van der Waals surface area contributed by atoms with Gasteiger partial charge in [-0.15, -0.1) is 11.8 Å². The molecule has 0 aromatic heterocycles. The van der Waals surface area contributed by atoms with Crippen LogP contribution in [0.4, 0.5) is 4.39 Å². The van der Waals surface area contributed by atoms with Crippen molar-refractivity contribution in [1.29, 1.82) is 0 Å². The zero-order valence-corrected chi connectivity index (χ0v) is 17.5. The number of alkyl halides is 1. The maximum atomic E-state index is 13.0. The van der Waals surface area contributed by atoms with Crippen LogP contribution in [0, 0.1) is 5.92 Å². The third-order valence-corrected chi connectivity index (χ3v) is 6.71. The number of benzene rings is 2. The van der Waals surface area contributed by atoms with Gasteiger partial charge in [0.1, 0.15) is 11.9 Å². The van der Waals surface area contributed by atoms with Gasteiger partial charge in [-0.3, -0.25) is 4.39 Å². The van der Waals surface area contributed by atoms with Crippen molar-refractivity contribution >= 4 is 11.8 Å². The van der Waals surface area contributed by atoms with Gasteiger partial charge in [-0.1, -0.05) is 18.2 Å². The molecule has 1 saturated heterocycles. The van der Waals surface area contributed by atoms with E-state index in [0.717, 1.165) is 31.9 Å². The second-order valence-corrected chi connectivity index (χ2v) is 8.82. The number of fused-ring (bicyclic) bond motifs is 1. The van der Waals surface area contributed by atoms with Crippen LogP contribution >= 0.6 is 11.8 Å². The first-order chi connectivity index (χ1) is 13.7. The van der Waals surface area contributed by atoms with Crippen LogP contribution in [0.15, 0.2) is 47.4 Å². The molecule has 0 saturated carbocycles. The second kappa shape index (κ2) is 8.85. The second-order valence-electron chi connectivity index (χ2n) is 7.94. The van der Waals surface area contributed by atoms with E-state index in [1.165, 1.54) is 21.6 Å². The summed E-state index contributed by atoms with van der Waals surface area (Å²) in [6.45, 7) is 3.45. The summed E-state index contributed by atoms with van der Waals surface area (Å²) in [5.74, 6) is 1.66. The third kappa shape index (κ3) is 4.22. The van der Waals surface area contributed by atoms with Crippen LogP contribution < -0.4 is 10.1 Å². The number of halogens is 1. The molecule has 2 aromatic carbocycles. The largest absolute Gasteiger partial charge is 0.490 e. The van der Waals surface area contributed by atoms with E-state index in [2.05, 4.69) is 66.0 Å². The zero-order chi connectivity index (χ0) is 19.5. The molecule has 2 aliphatic rings. The minimum atomic E-state index is -0.330. The van der Waals surface area contributed by atoms with E-state index in [-0.39, 0.29) is 12.8 Å². The van der Waals surface area contributed by atoms with Gasteiger partial charge in [0, 0.05) is 49.3 Å². The number of rotatable bonds is 7. The van der Waals surface area contributed by atoms with E-state index in [0.29, 0.717) is 18.3 Å². The summed E-state index contributed by atoms with van der Waals surface area (Å²) in [5.41, 5.74) is 4.06. The molecule has 3 nitrogen and oxygen atoms in total. The highest BCUT2D eigenvalue weighted by molar-refractivity contribution is 7.98. The fourth-order valence-electron chi connectivity index (χ4n) is 4.27. The summed E-state index contributed by atoms with van der Waals surface area (Å²) in [6.07, 6.45) is 2.53. The van der Waals surface area contributed by atoms with Crippen molar-refractivity contribution in [2.75, 3.05) is 39.6 Å². The average molecular weight is 401 g/mol. The average Bonchev–Trinajstić information content (AvgIpc) is 2.66. The van der Waals surface area contributed by atoms with Gasteiger partial charge in [-0.05, 0) is 54.3 Å². The maximum absolute atomic E-state index is 13.0.